The molecule has 1 aliphatic heterocycles. The largest absolute Gasteiger partial charge is 0.336 e. The minimum Gasteiger partial charge on any atom is -0.336 e. The SMILES string of the molecule is O=C(c1cc(-c2cccs2)[nH]n1)N1CCS[C@H](c2ccccc2F)CC1. The van der Waals surface area contributed by atoms with E-state index in [-0.39, 0.29) is 17.0 Å². The van der Waals surface area contributed by atoms with Crippen LogP contribution in [0.1, 0.15) is 27.7 Å². The third-order valence-electron chi connectivity index (χ3n) is 4.46. The molecule has 2 aromatic heterocycles. The molecule has 1 saturated heterocycles. The van der Waals surface area contributed by atoms with E-state index >= 15 is 0 Å². The first kappa shape index (κ1) is 17.3. The molecular formula is C19H18FN3OS2. The molecule has 1 aromatic carbocycles. The normalized spacial score (nSPS) is 17.9. The monoisotopic (exact) mass is 387 g/mol. The van der Waals surface area contributed by atoms with E-state index < -0.39 is 0 Å². The molecule has 4 rings (SSSR count). The summed E-state index contributed by atoms with van der Waals surface area (Å²) < 4.78 is 14.1. The molecule has 1 N–H and O–H groups in total. The number of thiophene rings is 1. The molecule has 0 bridgehead atoms. The van der Waals surface area contributed by atoms with Crippen LogP contribution in [0.5, 0.6) is 0 Å². The van der Waals surface area contributed by atoms with Crippen molar-refractivity contribution in [1.82, 2.24) is 15.1 Å². The lowest BCUT2D eigenvalue weighted by molar-refractivity contribution is 0.0760. The molecule has 4 nitrogen and oxygen atoms in total. The molecule has 0 saturated carbocycles. The van der Waals surface area contributed by atoms with Gasteiger partial charge in [-0.15, -0.1) is 11.3 Å². The summed E-state index contributed by atoms with van der Waals surface area (Å²) in [5.41, 5.74) is 2.02. The maximum Gasteiger partial charge on any atom is 0.274 e. The summed E-state index contributed by atoms with van der Waals surface area (Å²) >= 11 is 3.31. The molecule has 134 valence electrons. The van der Waals surface area contributed by atoms with Gasteiger partial charge in [0.15, 0.2) is 5.69 Å². The molecule has 7 heteroatoms. The highest BCUT2D eigenvalue weighted by molar-refractivity contribution is 7.99. The third kappa shape index (κ3) is 3.54. The lowest BCUT2D eigenvalue weighted by Crippen LogP contribution is -2.33. The number of H-pyrrole nitrogens is 1. The van der Waals surface area contributed by atoms with Gasteiger partial charge in [0.25, 0.3) is 5.91 Å². The number of halogens is 1. The Bertz CT molecular complexity index is 894. The van der Waals surface area contributed by atoms with E-state index in [9.17, 15) is 9.18 Å². The van der Waals surface area contributed by atoms with Crippen LogP contribution in [0.2, 0.25) is 0 Å². The maximum atomic E-state index is 14.1. The molecule has 0 radical (unpaired) electrons. The number of rotatable bonds is 3. The number of carbonyl (C=O) groups excluding carboxylic acids is 1. The number of hydrogen-bond acceptors (Lipinski definition) is 4. The van der Waals surface area contributed by atoms with E-state index in [1.807, 2.05) is 34.5 Å². The summed E-state index contributed by atoms with van der Waals surface area (Å²) in [5.74, 6) is 0.545. The molecular weight excluding hydrogens is 369 g/mol. The molecule has 1 aliphatic rings. The number of carbonyl (C=O) groups is 1. The van der Waals surface area contributed by atoms with E-state index in [0.29, 0.717) is 18.8 Å². The van der Waals surface area contributed by atoms with Crippen molar-refractivity contribution in [3.63, 3.8) is 0 Å². The maximum absolute atomic E-state index is 14.1. The fourth-order valence-electron chi connectivity index (χ4n) is 3.11. The second kappa shape index (κ2) is 7.63. The van der Waals surface area contributed by atoms with Gasteiger partial charge in [0.2, 0.25) is 0 Å². The van der Waals surface area contributed by atoms with Crippen LogP contribution in [0.3, 0.4) is 0 Å². The fourth-order valence-corrected chi connectivity index (χ4v) is 5.05. The van der Waals surface area contributed by atoms with E-state index in [1.54, 1.807) is 35.2 Å². The van der Waals surface area contributed by atoms with E-state index in [0.717, 1.165) is 28.3 Å². The fraction of sp³-hybridized carbons (Fsp3) is 0.263. The molecule has 0 aliphatic carbocycles. The van der Waals surface area contributed by atoms with Crippen LogP contribution in [-0.4, -0.2) is 39.8 Å². The topological polar surface area (TPSA) is 49.0 Å². The van der Waals surface area contributed by atoms with Gasteiger partial charge in [0, 0.05) is 29.7 Å². The van der Waals surface area contributed by atoms with Crippen LogP contribution >= 0.6 is 23.1 Å². The second-order valence-electron chi connectivity index (χ2n) is 6.11. The minimum atomic E-state index is -0.169. The Balaban J connectivity index is 1.46. The zero-order valence-electron chi connectivity index (χ0n) is 14.0. The van der Waals surface area contributed by atoms with Crippen molar-refractivity contribution in [2.75, 3.05) is 18.8 Å². The zero-order chi connectivity index (χ0) is 17.9. The predicted octanol–water partition coefficient (Wildman–Crippen LogP) is 4.60. The van der Waals surface area contributed by atoms with Gasteiger partial charge in [0.05, 0.1) is 10.6 Å². The molecule has 26 heavy (non-hydrogen) atoms. The number of thioether (sulfide) groups is 1. The summed E-state index contributed by atoms with van der Waals surface area (Å²) in [5, 5.41) is 9.21. The van der Waals surface area contributed by atoms with Crippen molar-refractivity contribution in [3.05, 3.63) is 64.9 Å². The van der Waals surface area contributed by atoms with E-state index in [2.05, 4.69) is 10.2 Å². The number of hydrogen-bond donors (Lipinski definition) is 1. The van der Waals surface area contributed by atoms with Crippen LogP contribution in [-0.2, 0) is 0 Å². The summed E-state index contributed by atoms with van der Waals surface area (Å²) in [6.07, 6.45) is 0.736. The van der Waals surface area contributed by atoms with Crippen molar-refractivity contribution in [2.24, 2.45) is 0 Å². The Labute approximate surface area is 159 Å². The van der Waals surface area contributed by atoms with Crippen molar-refractivity contribution < 1.29 is 9.18 Å². The molecule has 0 unspecified atom stereocenters. The Hall–Kier alpha value is -2.12. The van der Waals surface area contributed by atoms with E-state index in [4.69, 9.17) is 0 Å². The highest BCUT2D eigenvalue weighted by Crippen LogP contribution is 2.36. The quantitative estimate of drug-likeness (QED) is 0.715. The summed E-state index contributed by atoms with van der Waals surface area (Å²) in [6, 6.07) is 12.7. The molecule has 3 heterocycles. The summed E-state index contributed by atoms with van der Waals surface area (Å²) in [6.45, 7) is 1.25. The van der Waals surface area contributed by atoms with Crippen LogP contribution < -0.4 is 0 Å². The first-order valence-corrected chi connectivity index (χ1v) is 10.4. The highest BCUT2D eigenvalue weighted by atomic mass is 32.2. The molecule has 1 fully saturated rings. The van der Waals surface area contributed by atoms with Crippen LogP contribution in [0.4, 0.5) is 4.39 Å². The van der Waals surface area contributed by atoms with Gasteiger partial charge in [-0.3, -0.25) is 9.89 Å². The van der Waals surface area contributed by atoms with Gasteiger partial charge in [-0.05, 0) is 30.0 Å². The number of benzene rings is 1. The predicted molar refractivity (Wildman–Crippen MR) is 104 cm³/mol. The summed E-state index contributed by atoms with van der Waals surface area (Å²) in [4.78, 5) is 15.7. The summed E-state index contributed by atoms with van der Waals surface area (Å²) in [7, 11) is 0. The van der Waals surface area contributed by atoms with Crippen molar-refractivity contribution in [3.8, 4) is 10.6 Å². The van der Waals surface area contributed by atoms with Crippen molar-refractivity contribution >= 4 is 29.0 Å². The first-order valence-electron chi connectivity index (χ1n) is 8.47. The third-order valence-corrected chi connectivity index (χ3v) is 6.68. The highest BCUT2D eigenvalue weighted by Gasteiger charge is 2.25. The average Bonchev–Trinajstić information content (AvgIpc) is 3.29. The number of aromatic nitrogens is 2. The second-order valence-corrected chi connectivity index (χ2v) is 8.36. The van der Waals surface area contributed by atoms with Crippen LogP contribution in [0.15, 0.2) is 47.8 Å². The van der Waals surface area contributed by atoms with Gasteiger partial charge in [0.1, 0.15) is 5.82 Å². The van der Waals surface area contributed by atoms with Gasteiger partial charge in [-0.1, -0.05) is 24.3 Å². The number of aromatic amines is 1. The van der Waals surface area contributed by atoms with Gasteiger partial charge in [-0.2, -0.15) is 16.9 Å². The number of nitrogens with zero attached hydrogens (tertiary/aromatic N) is 2. The van der Waals surface area contributed by atoms with Crippen molar-refractivity contribution in [1.29, 1.82) is 0 Å². The van der Waals surface area contributed by atoms with Crippen molar-refractivity contribution in [2.45, 2.75) is 11.7 Å². The van der Waals surface area contributed by atoms with E-state index in [1.165, 1.54) is 6.07 Å². The molecule has 1 amide bonds. The lowest BCUT2D eigenvalue weighted by atomic mass is 10.1. The Morgan fingerprint density at radius 3 is 2.92 bits per heavy atom. The number of nitrogens with one attached hydrogen (secondary N) is 1. The van der Waals surface area contributed by atoms with Crippen LogP contribution in [0, 0.1) is 5.82 Å². The first-order chi connectivity index (χ1) is 12.7. The Kier molecular flexibility index (Phi) is 5.08. The minimum absolute atomic E-state index is 0.0705. The standard InChI is InChI=1S/C19H18FN3OS2/c20-14-5-2-1-4-13(14)17-7-8-23(9-11-26-17)19(24)16-12-15(21-22-16)18-6-3-10-25-18/h1-6,10,12,17H,7-9,11H2,(H,21,22)/t17-/m0/s1. The van der Waals surface area contributed by atoms with Crippen LogP contribution in [0.25, 0.3) is 10.6 Å². The zero-order valence-corrected chi connectivity index (χ0v) is 15.7. The molecule has 3 aromatic rings. The van der Waals surface area contributed by atoms with Gasteiger partial charge >= 0.3 is 0 Å². The number of amides is 1. The van der Waals surface area contributed by atoms with Gasteiger partial charge in [-0.25, -0.2) is 4.39 Å². The Morgan fingerprint density at radius 1 is 1.23 bits per heavy atom. The molecule has 0 spiro atoms. The average molecular weight is 388 g/mol. The Morgan fingerprint density at radius 2 is 2.12 bits per heavy atom. The smallest absolute Gasteiger partial charge is 0.274 e. The molecule has 1 atom stereocenters. The van der Waals surface area contributed by atoms with Gasteiger partial charge < -0.3 is 4.90 Å². The lowest BCUT2D eigenvalue weighted by Gasteiger charge is -2.19.